The maximum absolute atomic E-state index is 11.7. The molecule has 0 aromatic heterocycles. The third-order valence-electron chi connectivity index (χ3n) is 4.08. The monoisotopic (exact) mass is 382 g/mol. The van der Waals surface area contributed by atoms with Crippen LogP contribution in [-0.2, 0) is 4.79 Å². The van der Waals surface area contributed by atoms with Crippen LogP contribution in [0.25, 0.3) is 6.08 Å². The van der Waals surface area contributed by atoms with Crippen LogP contribution in [0.2, 0.25) is 0 Å². The third-order valence-corrected chi connectivity index (χ3v) is 4.08. The summed E-state index contributed by atoms with van der Waals surface area (Å²) in [4.78, 5) is 23.0. The molecule has 0 aliphatic heterocycles. The molecule has 0 aliphatic rings. The first-order valence-corrected chi connectivity index (χ1v) is 9.37. The van der Waals surface area contributed by atoms with Crippen molar-refractivity contribution in [1.29, 1.82) is 0 Å². The van der Waals surface area contributed by atoms with E-state index in [9.17, 15) is 9.59 Å². The highest BCUT2D eigenvalue weighted by Gasteiger charge is 2.03. The molecule has 2 amide bonds. The van der Waals surface area contributed by atoms with Gasteiger partial charge in [0, 0.05) is 18.2 Å². The summed E-state index contributed by atoms with van der Waals surface area (Å²) < 4.78 is 5.62. The number of carbonyl (C=O) groups is 2. The molecule has 0 atom stereocenters. The van der Waals surface area contributed by atoms with Gasteiger partial charge in [0.15, 0.2) is 0 Å². The lowest BCUT2D eigenvalue weighted by atomic mass is 10.2. The largest absolute Gasteiger partial charge is 0.494 e. The number of hydroxylamine groups is 1. The second-order valence-electron chi connectivity index (χ2n) is 6.26. The lowest BCUT2D eigenvalue weighted by Gasteiger charge is -2.07. The van der Waals surface area contributed by atoms with Gasteiger partial charge in [-0.05, 0) is 48.7 Å². The van der Waals surface area contributed by atoms with Gasteiger partial charge in [-0.3, -0.25) is 14.8 Å². The van der Waals surface area contributed by atoms with Crippen LogP contribution in [0.3, 0.4) is 0 Å². The normalized spacial score (nSPS) is 10.6. The van der Waals surface area contributed by atoms with E-state index in [0.717, 1.165) is 31.2 Å². The van der Waals surface area contributed by atoms with Gasteiger partial charge < -0.3 is 10.1 Å². The van der Waals surface area contributed by atoms with Gasteiger partial charge in [-0.2, -0.15) is 0 Å². The van der Waals surface area contributed by atoms with Crippen molar-refractivity contribution in [3.63, 3.8) is 0 Å². The molecule has 148 valence electrons. The van der Waals surface area contributed by atoms with Gasteiger partial charge in [0.1, 0.15) is 5.75 Å². The fourth-order valence-electron chi connectivity index (χ4n) is 2.54. The van der Waals surface area contributed by atoms with E-state index >= 15 is 0 Å². The molecular formula is C22H26N2O4. The first kappa shape index (κ1) is 21.2. The summed E-state index contributed by atoms with van der Waals surface area (Å²) >= 11 is 0. The fourth-order valence-corrected chi connectivity index (χ4v) is 2.54. The van der Waals surface area contributed by atoms with Crippen LogP contribution in [0.1, 0.15) is 41.6 Å². The zero-order valence-corrected chi connectivity index (χ0v) is 15.8. The molecule has 0 bridgehead atoms. The Morgan fingerprint density at radius 2 is 1.64 bits per heavy atom. The lowest BCUT2D eigenvalue weighted by Crippen LogP contribution is -2.21. The highest BCUT2D eigenvalue weighted by molar-refractivity contribution is 5.93. The summed E-state index contributed by atoms with van der Waals surface area (Å²) in [5.41, 5.74) is 2.96. The number of hydrogen-bond donors (Lipinski definition) is 3. The number of benzene rings is 2. The van der Waals surface area contributed by atoms with Crippen LogP contribution < -0.4 is 15.5 Å². The molecule has 6 nitrogen and oxygen atoms in total. The van der Waals surface area contributed by atoms with Crippen molar-refractivity contribution >= 4 is 17.9 Å². The Labute approximate surface area is 165 Å². The van der Waals surface area contributed by atoms with Crippen molar-refractivity contribution in [2.75, 3.05) is 13.2 Å². The van der Waals surface area contributed by atoms with Gasteiger partial charge in [-0.15, -0.1) is 0 Å². The maximum Gasteiger partial charge on any atom is 0.274 e. The average molecular weight is 382 g/mol. The number of amides is 2. The molecule has 0 saturated heterocycles. The topological polar surface area (TPSA) is 87.7 Å². The zero-order valence-electron chi connectivity index (χ0n) is 15.8. The van der Waals surface area contributed by atoms with E-state index in [-0.39, 0.29) is 5.91 Å². The second-order valence-corrected chi connectivity index (χ2v) is 6.26. The summed E-state index contributed by atoms with van der Waals surface area (Å²) in [7, 11) is 0. The van der Waals surface area contributed by atoms with Crippen molar-refractivity contribution in [2.24, 2.45) is 0 Å². The third kappa shape index (κ3) is 8.05. The van der Waals surface area contributed by atoms with E-state index in [4.69, 9.17) is 9.94 Å². The van der Waals surface area contributed by atoms with Gasteiger partial charge in [-0.1, -0.05) is 43.2 Å². The number of carbonyl (C=O) groups excluding carboxylic acids is 2. The predicted molar refractivity (Wildman–Crippen MR) is 108 cm³/mol. The van der Waals surface area contributed by atoms with E-state index in [0.29, 0.717) is 24.5 Å². The van der Waals surface area contributed by atoms with E-state index < -0.39 is 5.91 Å². The van der Waals surface area contributed by atoms with E-state index in [2.05, 4.69) is 5.32 Å². The first-order chi connectivity index (χ1) is 13.7. The molecule has 0 radical (unpaired) electrons. The van der Waals surface area contributed by atoms with Crippen LogP contribution in [0.5, 0.6) is 5.75 Å². The predicted octanol–water partition coefficient (Wildman–Crippen LogP) is 3.57. The number of rotatable bonds is 11. The molecule has 0 saturated carbocycles. The maximum atomic E-state index is 11.7. The fraction of sp³-hybridized carbons (Fsp3) is 0.273. The van der Waals surface area contributed by atoms with Crippen LogP contribution in [0.4, 0.5) is 0 Å². The number of hydrogen-bond acceptors (Lipinski definition) is 4. The van der Waals surface area contributed by atoms with Gasteiger partial charge >= 0.3 is 0 Å². The molecule has 6 heteroatoms. The molecular weight excluding hydrogens is 356 g/mol. The van der Waals surface area contributed by atoms with Crippen molar-refractivity contribution in [3.05, 3.63) is 71.8 Å². The van der Waals surface area contributed by atoms with Crippen LogP contribution in [0.15, 0.2) is 60.7 Å². The minimum absolute atomic E-state index is 0.0782. The minimum Gasteiger partial charge on any atom is -0.494 e. The van der Waals surface area contributed by atoms with E-state index in [1.165, 1.54) is 0 Å². The van der Waals surface area contributed by atoms with Gasteiger partial charge in [-0.25, -0.2) is 5.48 Å². The number of unbranched alkanes of at least 4 members (excludes halogenated alkanes) is 3. The Bertz CT molecular complexity index is 758. The van der Waals surface area contributed by atoms with Crippen molar-refractivity contribution in [2.45, 2.75) is 25.7 Å². The molecule has 2 aromatic rings. The van der Waals surface area contributed by atoms with Crippen LogP contribution >= 0.6 is 0 Å². The Morgan fingerprint density at radius 3 is 2.36 bits per heavy atom. The molecule has 2 aromatic carbocycles. The summed E-state index contributed by atoms with van der Waals surface area (Å²) in [6.45, 7) is 1.25. The van der Waals surface area contributed by atoms with Crippen molar-refractivity contribution < 1.29 is 19.5 Å². The molecule has 0 fully saturated rings. The Balaban J connectivity index is 1.50. The molecule has 0 aliphatic carbocycles. The Morgan fingerprint density at radius 1 is 0.929 bits per heavy atom. The number of ether oxygens (including phenoxy) is 1. The quantitative estimate of drug-likeness (QED) is 0.240. The molecule has 0 spiro atoms. The number of nitrogens with one attached hydrogen (secondary N) is 2. The molecule has 0 heterocycles. The Kier molecular flexibility index (Phi) is 9.31. The van der Waals surface area contributed by atoms with Gasteiger partial charge in [0.2, 0.25) is 5.91 Å². The summed E-state index contributed by atoms with van der Waals surface area (Å²) in [6, 6.07) is 16.3. The van der Waals surface area contributed by atoms with Gasteiger partial charge in [0.25, 0.3) is 5.91 Å². The average Bonchev–Trinajstić information content (AvgIpc) is 2.74. The SMILES string of the molecule is O=C(C=Cc1ccccc1)NCCCCCCOc1ccc(C(=O)NO)cc1. The zero-order chi connectivity index (χ0) is 20.0. The van der Waals surface area contributed by atoms with Crippen LogP contribution in [0, 0.1) is 0 Å². The van der Waals surface area contributed by atoms with Gasteiger partial charge in [0.05, 0.1) is 6.61 Å². The van der Waals surface area contributed by atoms with Crippen molar-refractivity contribution in [1.82, 2.24) is 10.8 Å². The van der Waals surface area contributed by atoms with E-state index in [1.807, 2.05) is 30.3 Å². The minimum atomic E-state index is -0.547. The standard InChI is InChI=1S/C22H26N2O4/c25-21(15-10-18-8-4-3-5-9-18)23-16-6-1-2-7-17-28-20-13-11-19(12-14-20)22(26)24-27/h3-5,8-15,27H,1-2,6-7,16-17H2,(H,23,25)(H,24,26). The Hall–Kier alpha value is -3.12. The summed E-state index contributed by atoms with van der Waals surface area (Å²) in [5, 5.41) is 11.4. The second kappa shape index (κ2) is 12.3. The highest BCUT2D eigenvalue weighted by Crippen LogP contribution is 2.13. The first-order valence-electron chi connectivity index (χ1n) is 9.37. The molecule has 3 N–H and O–H groups in total. The highest BCUT2D eigenvalue weighted by atomic mass is 16.5. The van der Waals surface area contributed by atoms with E-state index in [1.54, 1.807) is 41.9 Å². The summed E-state index contributed by atoms with van der Waals surface area (Å²) in [6.07, 6.45) is 7.23. The lowest BCUT2D eigenvalue weighted by molar-refractivity contribution is -0.116. The summed E-state index contributed by atoms with van der Waals surface area (Å²) in [5.74, 6) is 0.0617. The molecule has 28 heavy (non-hydrogen) atoms. The van der Waals surface area contributed by atoms with Crippen molar-refractivity contribution in [3.8, 4) is 5.75 Å². The van der Waals surface area contributed by atoms with Crippen LogP contribution in [-0.4, -0.2) is 30.2 Å². The molecule has 0 unspecified atom stereocenters. The molecule has 2 rings (SSSR count). The smallest absolute Gasteiger partial charge is 0.274 e.